The molecule has 0 heterocycles. The maximum Gasteiger partial charge on any atom is 0.266 e. The predicted octanol–water partition coefficient (Wildman–Crippen LogP) is 7.60. The van der Waals surface area contributed by atoms with E-state index in [0.29, 0.717) is 40.1 Å². The zero-order chi connectivity index (χ0) is 24.0. The van der Waals surface area contributed by atoms with Crippen molar-refractivity contribution in [3.63, 3.8) is 0 Å². The van der Waals surface area contributed by atoms with Gasteiger partial charge in [0.1, 0.15) is 17.4 Å². The molecule has 0 bridgehead atoms. The lowest BCUT2D eigenvalue weighted by atomic mass is 10.0. The molecular weight excluding hydrogens is 523 g/mol. The lowest BCUT2D eigenvalue weighted by Gasteiger charge is -2.15. The molecule has 7 heteroatoms. The molecule has 3 rings (SSSR count). The lowest BCUT2D eigenvalue weighted by Crippen LogP contribution is -2.14. The standard InChI is InChI=1S/C26H21BrCl2N2O2/c1-3-33-25-13-17(12-21(27)20(25)14-18-7-4-5-8-23(18)29)11-19(15-30)26(32)31-24-10-6-9-22(28)16(24)2/h4-13H,3,14H2,1-2H3,(H,31,32)/b19-11+. The summed E-state index contributed by atoms with van der Waals surface area (Å²) >= 11 is 16.1. The summed E-state index contributed by atoms with van der Waals surface area (Å²) in [5, 5.41) is 13.6. The van der Waals surface area contributed by atoms with Crippen LogP contribution in [0.2, 0.25) is 10.0 Å². The van der Waals surface area contributed by atoms with Gasteiger partial charge in [-0.2, -0.15) is 5.26 Å². The monoisotopic (exact) mass is 542 g/mol. The van der Waals surface area contributed by atoms with E-state index in [9.17, 15) is 10.1 Å². The zero-order valence-electron chi connectivity index (χ0n) is 18.1. The molecular formula is C26H21BrCl2N2O2. The van der Waals surface area contributed by atoms with Crippen LogP contribution >= 0.6 is 39.1 Å². The zero-order valence-corrected chi connectivity index (χ0v) is 21.2. The molecule has 0 spiro atoms. The highest BCUT2D eigenvalue weighted by atomic mass is 79.9. The van der Waals surface area contributed by atoms with Crippen molar-refractivity contribution < 1.29 is 9.53 Å². The fourth-order valence-corrected chi connectivity index (χ4v) is 4.23. The van der Waals surface area contributed by atoms with Crippen LogP contribution in [-0.4, -0.2) is 12.5 Å². The Hall–Kier alpha value is -2.78. The molecule has 0 aliphatic rings. The van der Waals surface area contributed by atoms with E-state index < -0.39 is 5.91 Å². The number of carbonyl (C=O) groups is 1. The Labute approximate surface area is 211 Å². The Morgan fingerprint density at radius 2 is 1.88 bits per heavy atom. The third kappa shape index (κ3) is 6.17. The number of halogens is 3. The van der Waals surface area contributed by atoms with Crippen molar-refractivity contribution >= 4 is 56.8 Å². The maximum absolute atomic E-state index is 12.8. The summed E-state index contributed by atoms with van der Waals surface area (Å²) in [6.07, 6.45) is 2.10. The summed E-state index contributed by atoms with van der Waals surface area (Å²) in [5.41, 5.74) is 3.80. The Balaban J connectivity index is 1.94. The van der Waals surface area contributed by atoms with Gasteiger partial charge in [0.15, 0.2) is 0 Å². The first-order valence-electron chi connectivity index (χ1n) is 10.2. The lowest BCUT2D eigenvalue weighted by molar-refractivity contribution is -0.112. The third-order valence-electron chi connectivity index (χ3n) is 4.99. The second-order valence-electron chi connectivity index (χ2n) is 7.22. The van der Waals surface area contributed by atoms with E-state index in [1.165, 1.54) is 6.08 Å². The van der Waals surface area contributed by atoms with E-state index in [4.69, 9.17) is 27.9 Å². The summed E-state index contributed by atoms with van der Waals surface area (Å²) in [4.78, 5) is 12.8. The third-order valence-corrected chi connectivity index (χ3v) is 6.48. The van der Waals surface area contributed by atoms with Crippen LogP contribution in [0.3, 0.4) is 0 Å². The van der Waals surface area contributed by atoms with Gasteiger partial charge in [-0.1, -0.05) is 63.4 Å². The van der Waals surface area contributed by atoms with Gasteiger partial charge in [-0.3, -0.25) is 4.79 Å². The Morgan fingerprint density at radius 1 is 1.15 bits per heavy atom. The SMILES string of the molecule is CCOc1cc(/C=C(\C#N)C(=O)Nc2cccc(Cl)c2C)cc(Br)c1Cc1ccccc1Cl. The van der Waals surface area contributed by atoms with Crippen molar-refractivity contribution in [2.75, 3.05) is 11.9 Å². The van der Waals surface area contributed by atoms with Gasteiger partial charge in [0.2, 0.25) is 0 Å². The first-order valence-corrected chi connectivity index (χ1v) is 11.8. The maximum atomic E-state index is 12.8. The molecule has 0 aliphatic carbocycles. The minimum Gasteiger partial charge on any atom is -0.494 e. The molecule has 0 saturated carbocycles. The number of amides is 1. The first kappa shape index (κ1) is 24.9. The molecule has 0 radical (unpaired) electrons. The topological polar surface area (TPSA) is 62.1 Å². The van der Waals surface area contributed by atoms with Crippen LogP contribution in [0.4, 0.5) is 5.69 Å². The van der Waals surface area contributed by atoms with Crippen LogP contribution in [0, 0.1) is 18.3 Å². The average Bonchev–Trinajstić information content (AvgIpc) is 2.79. The van der Waals surface area contributed by atoms with Crippen LogP contribution in [0.1, 0.15) is 29.2 Å². The van der Waals surface area contributed by atoms with Crippen molar-refractivity contribution in [1.82, 2.24) is 0 Å². The van der Waals surface area contributed by atoms with Gasteiger partial charge in [0.05, 0.1) is 6.61 Å². The van der Waals surface area contributed by atoms with E-state index in [2.05, 4.69) is 21.2 Å². The van der Waals surface area contributed by atoms with E-state index in [1.807, 2.05) is 49.4 Å². The number of nitrogens with zero attached hydrogens (tertiary/aromatic N) is 1. The summed E-state index contributed by atoms with van der Waals surface area (Å²) in [6, 6.07) is 18.5. The van der Waals surface area contributed by atoms with Crippen molar-refractivity contribution in [1.29, 1.82) is 5.26 Å². The van der Waals surface area contributed by atoms with Crippen molar-refractivity contribution in [2.24, 2.45) is 0 Å². The quantitative estimate of drug-likeness (QED) is 0.246. The van der Waals surface area contributed by atoms with Crippen LogP contribution in [-0.2, 0) is 11.2 Å². The number of benzene rings is 3. The van der Waals surface area contributed by atoms with E-state index in [0.717, 1.165) is 21.2 Å². The number of hydrogen-bond donors (Lipinski definition) is 1. The molecule has 1 amide bonds. The van der Waals surface area contributed by atoms with Crippen LogP contribution < -0.4 is 10.1 Å². The van der Waals surface area contributed by atoms with Gasteiger partial charge in [-0.05, 0) is 66.9 Å². The number of anilines is 1. The van der Waals surface area contributed by atoms with E-state index >= 15 is 0 Å². The van der Waals surface area contributed by atoms with Crippen molar-refractivity contribution in [3.05, 3.63) is 96.9 Å². The predicted molar refractivity (Wildman–Crippen MR) is 138 cm³/mol. The molecule has 4 nitrogen and oxygen atoms in total. The smallest absolute Gasteiger partial charge is 0.266 e. The fraction of sp³-hybridized carbons (Fsp3) is 0.154. The van der Waals surface area contributed by atoms with Gasteiger partial charge >= 0.3 is 0 Å². The molecule has 0 atom stereocenters. The molecule has 3 aromatic carbocycles. The highest BCUT2D eigenvalue weighted by Crippen LogP contribution is 2.34. The number of nitriles is 1. The number of hydrogen-bond acceptors (Lipinski definition) is 3. The molecule has 168 valence electrons. The van der Waals surface area contributed by atoms with Gasteiger partial charge in [0.25, 0.3) is 5.91 Å². The minimum absolute atomic E-state index is 0.0393. The molecule has 0 unspecified atom stereocenters. The molecule has 0 fully saturated rings. The summed E-state index contributed by atoms with van der Waals surface area (Å²) in [6.45, 7) is 4.17. The summed E-state index contributed by atoms with van der Waals surface area (Å²) < 4.78 is 6.66. The average molecular weight is 544 g/mol. The fourth-order valence-electron chi connectivity index (χ4n) is 3.25. The molecule has 0 aliphatic heterocycles. The Kier molecular flexibility index (Phi) is 8.57. The number of rotatable bonds is 7. The van der Waals surface area contributed by atoms with Crippen LogP contribution in [0.15, 0.2) is 64.6 Å². The van der Waals surface area contributed by atoms with E-state index in [-0.39, 0.29) is 5.57 Å². The Morgan fingerprint density at radius 3 is 2.58 bits per heavy atom. The van der Waals surface area contributed by atoms with Gasteiger partial charge in [-0.15, -0.1) is 0 Å². The second kappa shape index (κ2) is 11.4. The van der Waals surface area contributed by atoms with Crippen molar-refractivity contribution in [2.45, 2.75) is 20.3 Å². The number of ether oxygens (including phenoxy) is 1. The van der Waals surface area contributed by atoms with Crippen LogP contribution in [0.5, 0.6) is 5.75 Å². The summed E-state index contributed by atoms with van der Waals surface area (Å²) in [5.74, 6) is 0.138. The highest BCUT2D eigenvalue weighted by molar-refractivity contribution is 9.10. The Bertz CT molecular complexity index is 1270. The number of carbonyl (C=O) groups excluding carboxylic acids is 1. The van der Waals surface area contributed by atoms with Crippen LogP contribution in [0.25, 0.3) is 6.08 Å². The largest absolute Gasteiger partial charge is 0.494 e. The molecule has 0 saturated heterocycles. The molecule has 33 heavy (non-hydrogen) atoms. The highest BCUT2D eigenvalue weighted by Gasteiger charge is 2.15. The second-order valence-corrected chi connectivity index (χ2v) is 8.89. The molecule has 0 aromatic heterocycles. The van der Waals surface area contributed by atoms with Gasteiger partial charge in [0, 0.05) is 32.2 Å². The van der Waals surface area contributed by atoms with E-state index in [1.54, 1.807) is 25.1 Å². The molecule has 3 aromatic rings. The van der Waals surface area contributed by atoms with Gasteiger partial charge < -0.3 is 10.1 Å². The summed E-state index contributed by atoms with van der Waals surface area (Å²) in [7, 11) is 0. The number of nitrogens with one attached hydrogen (secondary N) is 1. The molecule has 1 N–H and O–H groups in total. The normalized spacial score (nSPS) is 11.1. The van der Waals surface area contributed by atoms with Crippen molar-refractivity contribution in [3.8, 4) is 11.8 Å². The first-order chi connectivity index (χ1) is 15.8. The minimum atomic E-state index is -0.517. The van der Waals surface area contributed by atoms with Gasteiger partial charge in [-0.25, -0.2) is 0 Å².